The molecule has 0 aliphatic rings. The summed E-state index contributed by atoms with van der Waals surface area (Å²) in [6.45, 7) is 4.43. The molecule has 1 heterocycles. The molecule has 0 saturated heterocycles. The fourth-order valence-electron chi connectivity index (χ4n) is 1.61. The second kappa shape index (κ2) is 3.66. The van der Waals surface area contributed by atoms with E-state index in [4.69, 9.17) is 11.6 Å². The molecule has 0 aliphatic carbocycles. The fraction of sp³-hybridized carbons (Fsp3) is 0.333. The van der Waals surface area contributed by atoms with Crippen molar-refractivity contribution in [3.05, 3.63) is 35.0 Å². The standard InChI is InChI=1S/C12H14ClN/c1-3-8(2)12-7-9-6-10(13)4-5-11(9)14-12/h4-8,14H,3H2,1-2H3. The van der Waals surface area contributed by atoms with Gasteiger partial charge in [-0.15, -0.1) is 0 Å². The summed E-state index contributed by atoms with van der Waals surface area (Å²) in [7, 11) is 0. The van der Waals surface area contributed by atoms with Gasteiger partial charge in [-0.3, -0.25) is 0 Å². The van der Waals surface area contributed by atoms with Crippen molar-refractivity contribution in [3.8, 4) is 0 Å². The number of benzene rings is 1. The van der Waals surface area contributed by atoms with E-state index in [9.17, 15) is 0 Å². The van der Waals surface area contributed by atoms with Crippen LogP contribution in [0.1, 0.15) is 31.9 Å². The Hall–Kier alpha value is -0.950. The Morgan fingerprint density at radius 1 is 1.36 bits per heavy atom. The molecule has 0 aliphatic heterocycles. The summed E-state index contributed by atoms with van der Waals surface area (Å²) in [6, 6.07) is 8.14. The molecule has 0 bridgehead atoms. The predicted octanol–water partition coefficient (Wildman–Crippen LogP) is 4.33. The maximum Gasteiger partial charge on any atom is 0.0457 e. The lowest BCUT2D eigenvalue weighted by Gasteiger charge is -2.03. The number of nitrogens with one attached hydrogen (secondary N) is 1. The molecule has 0 fully saturated rings. The summed E-state index contributed by atoms with van der Waals surface area (Å²) < 4.78 is 0. The average Bonchev–Trinajstić information content (AvgIpc) is 2.59. The number of aromatic nitrogens is 1. The van der Waals surface area contributed by atoms with Crippen LogP contribution in [0.15, 0.2) is 24.3 Å². The van der Waals surface area contributed by atoms with Gasteiger partial charge in [-0.2, -0.15) is 0 Å². The van der Waals surface area contributed by atoms with Crippen molar-refractivity contribution in [2.24, 2.45) is 0 Å². The fourth-order valence-corrected chi connectivity index (χ4v) is 1.79. The summed E-state index contributed by atoms with van der Waals surface area (Å²) in [5, 5.41) is 2.00. The molecular formula is C12H14ClN. The molecule has 0 saturated carbocycles. The highest BCUT2D eigenvalue weighted by Crippen LogP contribution is 2.25. The highest BCUT2D eigenvalue weighted by Gasteiger charge is 2.06. The van der Waals surface area contributed by atoms with Crippen molar-refractivity contribution in [1.29, 1.82) is 0 Å². The zero-order valence-electron chi connectivity index (χ0n) is 8.47. The summed E-state index contributed by atoms with van der Waals surface area (Å²) >= 11 is 5.93. The van der Waals surface area contributed by atoms with E-state index in [2.05, 4.69) is 24.9 Å². The van der Waals surface area contributed by atoms with Crippen LogP contribution in [-0.4, -0.2) is 4.98 Å². The number of hydrogen-bond acceptors (Lipinski definition) is 0. The van der Waals surface area contributed by atoms with E-state index in [0.29, 0.717) is 5.92 Å². The van der Waals surface area contributed by atoms with Crippen LogP contribution in [0.25, 0.3) is 10.9 Å². The maximum absolute atomic E-state index is 5.93. The summed E-state index contributed by atoms with van der Waals surface area (Å²) in [5.74, 6) is 0.584. The van der Waals surface area contributed by atoms with Gasteiger partial charge in [0.2, 0.25) is 0 Å². The smallest absolute Gasteiger partial charge is 0.0457 e. The van der Waals surface area contributed by atoms with Crippen LogP contribution in [0.5, 0.6) is 0 Å². The zero-order valence-corrected chi connectivity index (χ0v) is 9.23. The minimum absolute atomic E-state index is 0.584. The van der Waals surface area contributed by atoms with Gasteiger partial charge in [0.15, 0.2) is 0 Å². The first kappa shape index (κ1) is 9.60. The van der Waals surface area contributed by atoms with E-state index >= 15 is 0 Å². The Balaban J connectivity index is 2.51. The molecule has 14 heavy (non-hydrogen) atoms. The van der Waals surface area contributed by atoms with E-state index in [1.54, 1.807) is 0 Å². The molecule has 2 aromatic rings. The Labute approximate surface area is 89.1 Å². The molecule has 1 aromatic carbocycles. The summed E-state index contributed by atoms with van der Waals surface area (Å²) in [5.41, 5.74) is 2.47. The van der Waals surface area contributed by atoms with Crippen LogP contribution in [0.3, 0.4) is 0 Å². The van der Waals surface area contributed by atoms with Crippen LogP contribution >= 0.6 is 11.6 Å². The average molecular weight is 208 g/mol. The molecule has 1 unspecified atom stereocenters. The molecule has 1 N–H and O–H groups in total. The van der Waals surface area contributed by atoms with Gasteiger partial charge in [-0.25, -0.2) is 0 Å². The second-order valence-electron chi connectivity index (χ2n) is 3.77. The van der Waals surface area contributed by atoms with Crippen LogP contribution in [0.4, 0.5) is 0 Å². The molecule has 1 nitrogen and oxygen atoms in total. The van der Waals surface area contributed by atoms with E-state index in [0.717, 1.165) is 11.4 Å². The van der Waals surface area contributed by atoms with Crippen molar-refractivity contribution < 1.29 is 0 Å². The second-order valence-corrected chi connectivity index (χ2v) is 4.20. The van der Waals surface area contributed by atoms with Gasteiger partial charge >= 0.3 is 0 Å². The van der Waals surface area contributed by atoms with Crippen molar-refractivity contribution in [3.63, 3.8) is 0 Å². The number of aromatic amines is 1. The minimum atomic E-state index is 0.584. The summed E-state index contributed by atoms with van der Waals surface area (Å²) in [4.78, 5) is 3.41. The predicted molar refractivity (Wildman–Crippen MR) is 62.0 cm³/mol. The molecule has 74 valence electrons. The quantitative estimate of drug-likeness (QED) is 0.754. The third-order valence-electron chi connectivity index (χ3n) is 2.75. The number of H-pyrrole nitrogens is 1. The highest BCUT2D eigenvalue weighted by atomic mass is 35.5. The lowest BCUT2D eigenvalue weighted by Crippen LogP contribution is -1.89. The number of fused-ring (bicyclic) bond motifs is 1. The van der Waals surface area contributed by atoms with E-state index < -0.39 is 0 Å². The van der Waals surface area contributed by atoms with Crippen LogP contribution in [-0.2, 0) is 0 Å². The summed E-state index contributed by atoms with van der Waals surface area (Å²) in [6.07, 6.45) is 1.15. The molecular weight excluding hydrogens is 194 g/mol. The molecule has 2 heteroatoms. The molecule has 0 radical (unpaired) electrons. The Kier molecular flexibility index (Phi) is 2.51. The normalized spacial score (nSPS) is 13.4. The van der Waals surface area contributed by atoms with Crippen molar-refractivity contribution >= 4 is 22.5 Å². The Morgan fingerprint density at radius 2 is 2.14 bits per heavy atom. The topological polar surface area (TPSA) is 15.8 Å². The van der Waals surface area contributed by atoms with Gasteiger partial charge < -0.3 is 4.98 Å². The number of hydrogen-bond donors (Lipinski definition) is 1. The third kappa shape index (κ3) is 1.64. The van der Waals surface area contributed by atoms with Gasteiger partial charge in [-0.05, 0) is 36.6 Å². The molecule has 1 aromatic heterocycles. The van der Waals surface area contributed by atoms with E-state index in [1.165, 1.54) is 16.6 Å². The number of rotatable bonds is 2. The van der Waals surface area contributed by atoms with E-state index in [-0.39, 0.29) is 0 Å². The number of halogens is 1. The maximum atomic E-state index is 5.93. The van der Waals surface area contributed by atoms with Crippen LogP contribution in [0.2, 0.25) is 5.02 Å². The molecule has 0 spiro atoms. The van der Waals surface area contributed by atoms with Gasteiger partial charge in [0.1, 0.15) is 0 Å². The lowest BCUT2D eigenvalue weighted by atomic mass is 10.1. The first-order chi connectivity index (χ1) is 6.70. The molecule has 2 rings (SSSR count). The first-order valence-electron chi connectivity index (χ1n) is 4.99. The van der Waals surface area contributed by atoms with Gasteiger partial charge in [0.05, 0.1) is 0 Å². The molecule has 0 amide bonds. The zero-order chi connectivity index (χ0) is 10.1. The van der Waals surface area contributed by atoms with E-state index in [1.807, 2.05) is 18.2 Å². The third-order valence-corrected chi connectivity index (χ3v) is 2.98. The monoisotopic (exact) mass is 207 g/mol. The minimum Gasteiger partial charge on any atom is -0.358 e. The molecule has 1 atom stereocenters. The van der Waals surface area contributed by atoms with Gasteiger partial charge in [0.25, 0.3) is 0 Å². The Morgan fingerprint density at radius 3 is 2.86 bits per heavy atom. The highest BCUT2D eigenvalue weighted by molar-refractivity contribution is 6.31. The SMILES string of the molecule is CCC(C)c1cc2cc(Cl)ccc2[nH]1. The van der Waals surface area contributed by atoms with Crippen LogP contribution < -0.4 is 0 Å². The first-order valence-corrected chi connectivity index (χ1v) is 5.36. The van der Waals surface area contributed by atoms with Crippen molar-refractivity contribution in [2.75, 3.05) is 0 Å². The van der Waals surface area contributed by atoms with Crippen molar-refractivity contribution in [1.82, 2.24) is 4.98 Å². The van der Waals surface area contributed by atoms with Crippen LogP contribution in [0, 0.1) is 0 Å². The van der Waals surface area contributed by atoms with Crippen molar-refractivity contribution in [2.45, 2.75) is 26.2 Å². The van der Waals surface area contributed by atoms with Gasteiger partial charge in [-0.1, -0.05) is 25.4 Å². The Bertz CT molecular complexity index is 445. The lowest BCUT2D eigenvalue weighted by molar-refractivity contribution is 0.715. The van der Waals surface area contributed by atoms with Gasteiger partial charge in [0, 0.05) is 21.6 Å². The largest absolute Gasteiger partial charge is 0.358 e.